The van der Waals surface area contributed by atoms with Gasteiger partial charge in [0.2, 0.25) is 5.95 Å². The van der Waals surface area contributed by atoms with Crippen molar-refractivity contribution in [2.45, 2.75) is 39.7 Å². The van der Waals surface area contributed by atoms with Crippen LogP contribution in [0.15, 0.2) is 30.5 Å². The molecule has 2 heterocycles. The van der Waals surface area contributed by atoms with Gasteiger partial charge in [0.15, 0.2) is 5.82 Å². The highest BCUT2D eigenvalue weighted by molar-refractivity contribution is 5.55. The molecule has 24 heavy (non-hydrogen) atoms. The second-order valence-corrected chi connectivity index (χ2v) is 6.65. The van der Waals surface area contributed by atoms with Crippen molar-refractivity contribution in [2.75, 3.05) is 23.3 Å². The van der Waals surface area contributed by atoms with Gasteiger partial charge in [-0.25, -0.2) is 0 Å². The minimum absolute atomic E-state index is 0.167. The second-order valence-electron chi connectivity index (χ2n) is 6.65. The molecule has 0 saturated carbocycles. The maximum atomic E-state index is 5.65. The minimum atomic E-state index is 0.167. The highest BCUT2D eigenvalue weighted by atomic mass is 16.5. The number of ether oxygens (including phenoxy) is 1. The minimum Gasteiger partial charge on any atom is -0.491 e. The summed E-state index contributed by atoms with van der Waals surface area (Å²) >= 11 is 0. The number of hydrogen-bond donors (Lipinski definition) is 1. The lowest BCUT2D eigenvalue weighted by Crippen LogP contribution is -2.35. The molecule has 6 nitrogen and oxygen atoms in total. The molecule has 128 valence electrons. The van der Waals surface area contributed by atoms with Crippen molar-refractivity contribution in [3.05, 3.63) is 30.5 Å². The van der Waals surface area contributed by atoms with Crippen LogP contribution in [0.3, 0.4) is 0 Å². The number of hydrogen-bond acceptors (Lipinski definition) is 6. The first kappa shape index (κ1) is 16.5. The molecule has 3 rings (SSSR count). The molecule has 0 radical (unpaired) electrons. The summed E-state index contributed by atoms with van der Waals surface area (Å²) in [5.74, 6) is 2.95. The number of benzene rings is 1. The first-order valence-corrected chi connectivity index (χ1v) is 8.58. The van der Waals surface area contributed by atoms with Gasteiger partial charge in [-0.15, -0.1) is 5.10 Å². The van der Waals surface area contributed by atoms with Crippen molar-refractivity contribution in [1.29, 1.82) is 0 Å². The van der Waals surface area contributed by atoms with Gasteiger partial charge in [-0.2, -0.15) is 10.1 Å². The van der Waals surface area contributed by atoms with Crippen molar-refractivity contribution in [2.24, 2.45) is 5.92 Å². The quantitative estimate of drug-likeness (QED) is 0.904. The first-order valence-electron chi connectivity index (χ1n) is 8.58. The highest BCUT2D eigenvalue weighted by Crippen LogP contribution is 2.23. The van der Waals surface area contributed by atoms with E-state index in [0.717, 1.165) is 30.3 Å². The molecule has 0 bridgehead atoms. The zero-order valence-corrected chi connectivity index (χ0v) is 14.6. The summed E-state index contributed by atoms with van der Waals surface area (Å²) in [5.41, 5.74) is 0.914. The fourth-order valence-corrected chi connectivity index (χ4v) is 2.92. The second kappa shape index (κ2) is 7.47. The first-order chi connectivity index (χ1) is 11.6. The van der Waals surface area contributed by atoms with Crippen molar-refractivity contribution in [3.63, 3.8) is 0 Å². The lowest BCUT2D eigenvalue weighted by atomic mass is 10.0. The van der Waals surface area contributed by atoms with E-state index in [0.29, 0.717) is 11.9 Å². The summed E-state index contributed by atoms with van der Waals surface area (Å²) in [7, 11) is 0. The molecule has 1 fully saturated rings. The molecular weight excluding hydrogens is 302 g/mol. The average Bonchev–Trinajstić information content (AvgIpc) is 2.56. The Bertz CT molecular complexity index is 659. The summed E-state index contributed by atoms with van der Waals surface area (Å²) in [6, 6.07) is 7.78. The molecule has 1 aliphatic rings. The van der Waals surface area contributed by atoms with E-state index in [1.807, 2.05) is 38.1 Å². The number of nitrogens with one attached hydrogen (secondary N) is 1. The van der Waals surface area contributed by atoms with Crippen molar-refractivity contribution >= 4 is 17.5 Å². The monoisotopic (exact) mass is 327 g/mol. The van der Waals surface area contributed by atoms with Gasteiger partial charge in [0.05, 0.1) is 12.3 Å². The van der Waals surface area contributed by atoms with Gasteiger partial charge in [0.1, 0.15) is 5.75 Å². The summed E-state index contributed by atoms with van der Waals surface area (Å²) in [6.45, 7) is 8.36. The Morgan fingerprint density at radius 2 is 2.04 bits per heavy atom. The lowest BCUT2D eigenvalue weighted by Gasteiger charge is -2.31. The van der Waals surface area contributed by atoms with Crippen LogP contribution in [0.2, 0.25) is 0 Å². The Hall–Kier alpha value is -2.37. The van der Waals surface area contributed by atoms with Crippen molar-refractivity contribution in [1.82, 2.24) is 15.2 Å². The fourth-order valence-electron chi connectivity index (χ4n) is 2.92. The molecule has 1 unspecified atom stereocenters. The molecule has 0 amide bonds. The number of piperidine rings is 1. The third kappa shape index (κ3) is 4.34. The molecule has 1 N–H and O–H groups in total. The number of rotatable bonds is 5. The van der Waals surface area contributed by atoms with Crippen molar-refractivity contribution in [3.8, 4) is 5.75 Å². The SMILES string of the molecule is CC1CCCN(c2cnnc(Nc3ccc(OC(C)C)cc3)n2)C1. The van der Waals surface area contributed by atoms with Crippen LogP contribution in [-0.2, 0) is 0 Å². The maximum Gasteiger partial charge on any atom is 0.249 e. The number of anilines is 3. The van der Waals surface area contributed by atoms with Gasteiger partial charge in [-0.3, -0.25) is 0 Å². The zero-order valence-electron chi connectivity index (χ0n) is 14.6. The van der Waals surface area contributed by atoms with E-state index in [4.69, 9.17) is 4.74 Å². The van der Waals surface area contributed by atoms with E-state index < -0.39 is 0 Å². The Labute approximate surface area is 143 Å². The molecule has 0 aliphatic carbocycles. The van der Waals surface area contributed by atoms with E-state index in [1.54, 1.807) is 6.20 Å². The highest BCUT2D eigenvalue weighted by Gasteiger charge is 2.18. The molecule has 6 heteroatoms. The van der Waals surface area contributed by atoms with Crippen LogP contribution in [0.1, 0.15) is 33.6 Å². The summed E-state index contributed by atoms with van der Waals surface area (Å²) in [6.07, 6.45) is 4.39. The van der Waals surface area contributed by atoms with E-state index in [1.165, 1.54) is 12.8 Å². The Kier molecular flexibility index (Phi) is 5.13. The normalized spacial score (nSPS) is 17.8. The lowest BCUT2D eigenvalue weighted by molar-refractivity contribution is 0.242. The van der Waals surface area contributed by atoms with E-state index in [2.05, 4.69) is 32.3 Å². The van der Waals surface area contributed by atoms with E-state index >= 15 is 0 Å². The Balaban J connectivity index is 1.68. The van der Waals surface area contributed by atoms with Crippen LogP contribution < -0.4 is 15.0 Å². The molecular formula is C18H25N5O. The van der Waals surface area contributed by atoms with Crippen LogP contribution in [-0.4, -0.2) is 34.4 Å². The van der Waals surface area contributed by atoms with E-state index in [-0.39, 0.29) is 6.10 Å². The van der Waals surface area contributed by atoms with Crippen LogP contribution in [0, 0.1) is 5.92 Å². The van der Waals surface area contributed by atoms with Gasteiger partial charge < -0.3 is 15.0 Å². The predicted octanol–water partition coefficient (Wildman–Crippen LogP) is 3.64. The smallest absolute Gasteiger partial charge is 0.249 e. The summed E-state index contributed by atoms with van der Waals surface area (Å²) in [5, 5.41) is 11.4. The maximum absolute atomic E-state index is 5.65. The fraction of sp³-hybridized carbons (Fsp3) is 0.500. The van der Waals surface area contributed by atoms with E-state index in [9.17, 15) is 0 Å². The van der Waals surface area contributed by atoms with Crippen LogP contribution in [0.25, 0.3) is 0 Å². The van der Waals surface area contributed by atoms with Gasteiger partial charge in [0.25, 0.3) is 0 Å². The topological polar surface area (TPSA) is 63.2 Å². The molecule has 1 aliphatic heterocycles. The van der Waals surface area contributed by atoms with Crippen LogP contribution in [0.4, 0.5) is 17.5 Å². The molecule has 1 atom stereocenters. The van der Waals surface area contributed by atoms with Gasteiger partial charge in [-0.05, 0) is 56.9 Å². The molecule has 2 aromatic rings. The third-order valence-corrected chi connectivity index (χ3v) is 4.01. The standard InChI is InChI=1S/C18H25N5O/c1-13(2)24-16-8-6-15(7-9-16)20-18-21-17(11-19-22-18)23-10-4-5-14(3)12-23/h6-9,11,13-14H,4-5,10,12H2,1-3H3,(H,20,21,22). The van der Waals surface area contributed by atoms with Crippen molar-refractivity contribution < 1.29 is 4.74 Å². The van der Waals surface area contributed by atoms with Crippen LogP contribution in [0.5, 0.6) is 5.75 Å². The molecule has 0 spiro atoms. The molecule has 1 saturated heterocycles. The van der Waals surface area contributed by atoms with Crippen LogP contribution >= 0.6 is 0 Å². The summed E-state index contributed by atoms with van der Waals surface area (Å²) < 4.78 is 5.65. The average molecular weight is 327 g/mol. The van der Waals surface area contributed by atoms with Gasteiger partial charge in [0, 0.05) is 18.8 Å². The Morgan fingerprint density at radius 3 is 2.75 bits per heavy atom. The zero-order chi connectivity index (χ0) is 16.9. The third-order valence-electron chi connectivity index (χ3n) is 4.01. The number of aromatic nitrogens is 3. The Morgan fingerprint density at radius 1 is 1.25 bits per heavy atom. The number of nitrogens with zero attached hydrogens (tertiary/aromatic N) is 4. The summed E-state index contributed by atoms with van der Waals surface area (Å²) in [4.78, 5) is 6.89. The molecule has 1 aromatic carbocycles. The van der Waals surface area contributed by atoms with Gasteiger partial charge >= 0.3 is 0 Å². The molecule has 1 aromatic heterocycles. The predicted molar refractivity (Wildman–Crippen MR) is 95.9 cm³/mol. The van der Waals surface area contributed by atoms with Gasteiger partial charge in [-0.1, -0.05) is 6.92 Å². The largest absolute Gasteiger partial charge is 0.491 e.